The molecule has 1 unspecified atom stereocenters. The molecule has 164 valence electrons. The van der Waals surface area contributed by atoms with Crippen LogP contribution in [0.2, 0.25) is 0 Å². The first-order valence-corrected chi connectivity index (χ1v) is 12.1. The molecule has 6 nitrogen and oxygen atoms in total. The standard InChI is InChI=1S/C23H34N4O2S/c1-18-15-21(11-12-22(18)30(5,28)29)16-26-23(24-3)25-14-13-19(2)27(4)17-20-9-7-6-8-10-20/h6-12,15,19H,13-14,16-17H2,1-5H3,(H2,24,25,26). The minimum atomic E-state index is -3.19. The molecule has 0 aliphatic carbocycles. The van der Waals surface area contributed by atoms with Crippen molar-refractivity contribution in [2.75, 3.05) is 26.9 Å². The predicted molar refractivity (Wildman–Crippen MR) is 124 cm³/mol. The van der Waals surface area contributed by atoms with Gasteiger partial charge in [-0.3, -0.25) is 9.89 Å². The van der Waals surface area contributed by atoms with E-state index in [2.05, 4.69) is 58.8 Å². The summed E-state index contributed by atoms with van der Waals surface area (Å²) in [7, 11) is 0.700. The van der Waals surface area contributed by atoms with Gasteiger partial charge >= 0.3 is 0 Å². The molecule has 1 atom stereocenters. The van der Waals surface area contributed by atoms with Gasteiger partial charge in [-0.15, -0.1) is 0 Å². The van der Waals surface area contributed by atoms with Crippen LogP contribution in [0.15, 0.2) is 58.4 Å². The molecule has 0 radical (unpaired) electrons. The van der Waals surface area contributed by atoms with E-state index in [1.807, 2.05) is 25.1 Å². The monoisotopic (exact) mass is 430 g/mol. The van der Waals surface area contributed by atoms with Crippen molar-refractivity contribution in [2.24, 2.45) is 4.99 Å². The van der Waals surface area contributed by atoms with Crippen molar-refractivity contribution in [1.29, 1.82) is 0 Å². The normalized spacial score (nSPS) is 13.3. The van der Waals surface area contributed by atoms with Gasteiger partial charge in [-0.05, 0) is 50.1 Å². The first-order valence-electron chi connectivity index (χ1n) is 10.2. The molecule has 0 aliphatic rings. The minimum absolute atomic E-state index is 0.377. The number of rotatable bonds is 9. The molecule has 7 heteroatoms. The van der Waals surface area contributed by atoms with E-state index < -0.39 is 9.84 Å². The molecule has 0 fully saturated rings. The van der Waals surface area contributed by atoms with Crippen LogP contribution in [0.4, 0.5) is 0 Å². The van der Waals surface area contributed by atoms with E-state index in [0.29, 0.717) is 17.5 Å². The van der Waals surface area contributed by atoms with Gasteiger partial charge in [0.15, 0.2) is 15.8 Å². The lowest BCUT2D eigenvalue weighted by Gasteiger charge is -2.25. The third-order valence-electron chi connectivity index (χ3n) is 5.20. The van der Waals surface area contributed by atoms with E-state index >= 15 is 0 Å². The van der Waals surface area contributed by atoms with Crippen molar-refractivity contribution in [1.82, 2.24) is 15.5 Å². The van der Waals surface area contributed by atoms with Gasteiger partial charge in [-0.25, -0.2) is 8.42 Å². The molecule has 30 heavy (non-hydrogen) atoms. The molecule has 0 bridgehead atoms. The number of sulfone groups is 1. The zero-order valence-electron chi connectivity index (χ0n) is 18.6. The number of aliphatic imine (C=N–C) groups is 1. The van der Waals surface area contributed by atoms with Crippen LogP contribution >= 0.6 is 0 Å². The molecule has 0 saturated carbocycles. The fourth-order valence-electron chi connectivity index (χ4n) is 3.29. The molecular weight excluding hydrogens is 396 g/mol. The van der Waals surface area contributed by atoms with Gasteiger partial charge in [0.2, 0.25) is 0 Å². The van der Waals surface area contributed by atoms with Gasteiger partial charge in [0.05, 0.1) is 4.90 Å². The van der Waals surface area contributed by atoms with Gasteiger partial charge in [0, 0.05) is 39.0 Å². The van der Waals surface area contributed by atoms with Crippen LogP contribution in [0, 0.1) is 6.92 Å². The van der Waals surface area contributed by atoms with Crippen LogP contribution in [0.25, 0.3) is 0 Å². The van der Waals surface area contributed by atoms with E-state index in [1.54, 1.807) is 13.1 Å². The minimum Gasteiger partial charge on any atom is -0.356 e. The smallest absolute Gasteiger partial charge is 0.191 e. The average molecular weight is 431 g/mol. The van der Waals surface area contributed by atoms with Crippen LogP contribution < -0.4 is 10.6 Å². The van der Waals surface area contributed by atoms with E-state index in [0.717, 1.165) is 36.6 Å². The summed E-state index contributed by atoms with van der Waals surface area (Å²) in [5.74, 6) is 0.734. The Morgan fingerprint density at radius 2 is 1.80 bits per heavy atom. The highest BCUT2D eigenvalue weighted by molar-refractivity contribution is 7.90. The summed E-state index contributed by atoms with van der Waals surface area (Å²) in [4.78, 5) is 7.00. The Hall–Kier alpha value is -2.38. The van der Waals surface area contributed by atoms with Crippen LogP contribution in [0.1, 0.15) is 30.0 Å². The van der Waals surface area contributed by atoms with Crippen LogP contribution in [-0.4, -0.2) is 52.2 Å². The largest absolute Gasteiger partial charge is 0.356 e. The molecule has 0 aromatic heterocycles. The Balaban J connectivity index is 1.79. The highest BCUT2D eigenvalue weighted by atomic mass is 32.2. The molecule has 0 spiro atoms. The molecule has 2 rings (SSSR count). The Bertz CT molecular complexity index is 943. The molecule has 0 heterocycles. The predicted octanol–water partition coefficient (Wildman–Crippen LogP) is 2.97. The fourth-order valence-corrected chi connectivity index (χ4v) is 4.25. The SMILES string of the molecule is CN=C(NCCC(C)N(C)Cc1ccccc1)NCc1ccc(S(C)(=O)=O)c(C)c1. The third kappa shape index (κ3) is 7.46. The third-order valence-corrected chi connectivity index (χ3v) is 6.46. The maximum Gasteiger partial charge on any atom is 0.191 e. The summed E-state index contributed by atoms with van der Waals surface area (Å²) >= 11 is 0. The van der Waals surface area contributed by atoms with Gasteiger partial charge in [0.1, 0.15) is 0 Å². The number of nitrogens with zero attached hydrogens (tertiary/aromatic N) is 2. The Kier molecular flexibility index (Phi) is 8.87. The number of nitrogens with one attached hydrogen (secondary N) is 2. The Morgan fingerprint density at radius 1 is 1.10 bits per heavy atom. The molecule has 0 saturated heterocycles. The summed E-state index contributed by atoms with van der Waals surface area (Å²) < 4.78 is 23.5. The quantitative estimate of drug-likeness (QED) is 0.473. The first kappa shape index (κ1) is 23.9. The zero-order valence-corrected chi connectivity index (χ0v) is 19.5. The number of hydrogen-bond acceptors (Lipinski definition) is 4. The van der Waals surface area contributed by atoms with E-state index in [4.69, 9.17) is 0 Å². The maximum absolute atomic E-state index is 11.8. The van der Waals surface area contributed by atoms with Crippen molar-refractivity contribution in [3.63, 3.8) is 0 Å². The maximum atomic E-state index is 11.8. The fraction of sp³-hybridized carbons (Fsp3) is 0.435. The van der Waals surface area contributed by atoms with Gasteiger partial charge in [-0.2, -0.15) is 0 Å². The number of benzene rings is 2. The van der Waals surface area contributed by atoms with E-state index in [1.165, 1.54) is 11.8 Å². The topological polar surface area (TPSA) is 73.8 Å². The Labute approximate surface area is 181 Å². The van der Waals surface area contributed by atoms with Crippen LogP contribution in [0.3, 0.4) is 0 Å². The van der Waals surface area contributed by atoms with Crippen LogP contribution in [0.5, 0.6) is 0 Å². The van der Waals surface area contributed by atoms with Gasteiger partial charge in [-0.1, -0.05) is 42.5 Å². The van der Waals surface area contributed by atoms with Gasteiger partial charge in [0.25, 0.3) is 0 Å². The highest BCUT2D eigenvalue weighted by Gasteiger charge is 2.12. The van der Waals surface area contributed by atoms with Crippen molar-refractivity contribution in [3.8, 4) is 0 Å². The summed E-state index contributed by atoms with van der Waals surface area (Å²) in [6.45, 7) is 6.37. The molecule has 2 aromatic rings. The van der Waals surface area contributed by atoms with E-state index in [-0.39, 0.29) is 0 Å². The first-order chi connectivity index (χ1) is 14.2. The summed E-state index contributed by atoms with van der Waals surface area (Å²) in [6, 6.07) is 16.3. The lowest BCUT2D eigenvalue weighted by molar-refractivity contribution is 0.238. The molecule has 0 aliphatic heterocycles. The zero-order chi connectivity index (χ0) is 22.1. The Morgan fingerprint density at radius 3 is 2.40 bits per heavy atom. The van der Waals surface area contributed by atoms with Crippen molar-refractivity contribution >= 4 is 15.8 Å². The number of guanidine groups is 1. The molecule has 2 aromatic carbocycles. The average Bonchev–Trinajstić information content (AvgIpc) is 2.70. The van der Waals surface area contributed by atoms with Crippen molar-refractivity contribution in [2.45, 2.75) is 44.3 Å². The molecule has 0 amide bonds. The van der Waals surface area contributed by atoms with Gasteiger partial charge < -0.3 is 10.6 Å². The second kappa shape index (κ2) is 11.1. The molecular formula is C23H34N4O2S. The summed E-state index contributed by atoms with van der Waals surface area (Å²) in [5.41, 5.74) is 3.09. The van der Waals surface area contributed by atoms with E-state index in [9.17, 15) is 8.42 Å². The van der Waals surface area contributed by atoms with Crippen molar-refractivity contribution in [3.05, 3.63) is 65.2 Å². The summed E-state index contributed by atoms with van der Waals surface area (Å²) in [5, 5.41) is 6.65. The lowest BCUT2D eigenvalue weighted by atomic mass is 10.1. The van der Waals surface area contributed by atoms with Crippen LogP contribution in [-0.2, 0) is 22.9 Å². The highest BCUT2D eigenvalue weighted by Crippen LogP contribution is 2.16. The lowest BCUT2D eigenvalue weighted by Crippen LogP contribution is -2.39. The second-order valence-electron chi connectivity index (χ2n) is 7.76. The van der Waals surface area contributed by atoms with Crippen molar-refractivity contribution < 1.29 is 8.42 Å². The number of hydrogen-bond donors (Lipinski definition) is 2. The summed E-state index contributed by atoms with van der Waals surface area (Å²) in [6.07, 6.45) is 2.23. The second-order valence-corrected chi connectivity index (χ2v) is 9.75. The number of aryl methyl sites for hydroxylation is 1. The molecule has 2 N–H and O–H groups in total.